The van der Waals surface area contributed by atoms with Crippen LogP contribution in [0, 0.1) is 11.3 Å². The number of carbonyl (C=O) groups excluding carboxylic acids is 3. The van der Waals surface area contributed by atoms with Gasteiger partial charge in [-0.15, -0.1) is 0 Å². The average molecular weight is 950 g/mol. The summed E-state index contributed by atoms with van der Waals surface area (Å²) in [6.07, 6.45) is 1.58. The number of rotatable bonds is 28. The van der Waals surface area contributed by atoms with Crippen molar-refractivity contribution in [3.8, 4) is 0 Å². The molecule has 10 N–H and O–H groups in total. The maximum Gasteiger partial charge on any atom is 0.481 e. The minimum atomic E-state index is -5.57. The van der Waals surface area contributed by atoms with Gasteiger partial charge in [-0.2, -0.15) is 4.31 Å². The van der Waals surface area contributed by atoms with Gasteiger partial charge in [-0.25, -0.2) is 28.6 Å². The first kappa shape index (κ1) is 52.9. The standard InChI is InChI=1S/C33H58N7O17P3S/c1-5-6-7-8-9-10-21(2)11-12-24(42)61-16-15-35-23(41)13-14-36-31(45)28(44)33(3,4)18-54-60(51,52)57-59(49,50)53-17-22-27(56-58(46,47)48)26(43)32(55-22)40-20-39-25-29(34)37-19-38-30(25)40/h19-22,26-28,32,43-44H,5-18H2,1-4H3,(H,35,41)(H,36,45)(H,49,50)(H,51,52)(H2,34,37,38)(H2,46,47,48). The first-order valence-electron chi connectivity index (χ1n) is 19.5. The third-order valence-electron chi connectivity index (χ3n) is 9.41. The largest absolute Gasteiger partial charge is 0.481 e. The van der Waals surface area contributed by atoms with Crippen LogP contribution < -0.4 is 16.4 Å². The first-order chi connectivity index (χ1) is 28.4. The summed E-state index contributed by atoms with van der Waals surface area (Å²) in [5.74, 6) is -0.560. The molecule has 1 fully saturated rings. The lowest BCUT2D eigenvalue weighted by molar-refractivity contribution is -0.137. The Morgan fingerprint density at radius 2 is 1.67 bits per heavy atom. The van der Waals surface area contributed by atoms with Crippen molar-refractivity contribution in [1.29, 1.82) is 0 Å². The van der Waals surface area contributed by atoms with Crippen LogP contribution in [0.3, 0.4) is 0 Å². The minimum Gasteiger partial charge on any atom is -0.386 e. The number of fused-ring (bicyclic) bond motifs is 1. The fourth-order valence-electron chi connectivity index (χ4n) is 5.97. The molecule has 3 heterocycles. The number of nitrogens with one attached hydrogen (secondary N) is 2. The number of aliphatic hydroxyl groups excluding tert-OH is 2. The zero-order chi connectivity index (χ0) is 45.6. The van der Waals surface area contributed by atoms with Crippen molar-refractivity contribution in [3.63, 3.8) is 0 Å². The Kier molecular flexibility index (Phi) is 20.8. The fraction of sp³-hybridized carbons (Fsp3) is 0.758. The van der Waals surface area contributed by atoms with Gasteiger partial charge in [0.15, 0.2) is 22.8 Å². The van der Waals surface area contributed by atoms with E-state index >= 15 is 0 Å². The summed E-state index contributed by atoms with van der Waals surface area (Å²) in [6, 6.07) is 0. The Balaban J connectivity index is 1.40. The van der Waals surface area contributed by atoms with E-state index in [1.165, 1.54) is 46.0 Å². The van der Waals surface area contributed by atoms with E-state index in [2.05, 4.69) is 48.3 Å². The zero-order valence-electron chi connectivity index (χ0n) is 34.3. The van der Waals surface area contributed by atoms with Gasteiger partial charge in [-0.05, 0) is 12.3 Å². The van der Waals surface area contributed by atoms with Crippen LogP contribution in [0.5, 0.6) is 0 Å². The Bertz CT molecular complexity index is 1910. The summed E-state index contributed by atoms with van der Waals surface area (Å²) in [6.45, 7) is 4.89. The highest BCUT2D eigenvalue weighted by molar-refractivity contribution is 8.13. The number of phosphoric ester groups is 3. The number of anilines is 1. The van der Waals surface area contributed by atoms with E-state index in [-0.39, 0.29) is 41.6 Å². The van der Waals surface area contributed by atoms with E-state index in [0.29, 0.717) is 18.1 Å². The number of hydrogen-bond donors (Lipinski definition) is 9. The lowest BCUT2D eigenvalue weighted by atomic mass is 9.87. The molecule has 28 heteroatoms. The number of aromatic nitrogens is 4. The van der Waals surface area contributed by atoms with Gasteiger partial charge >= 0.3 is 23.5 Å². The minimum absolute atomic E-state index is 0.0329. The molecular weight excluding hydrogens is 891 g/mol. The number of nitrogens with two attached hydrogens (primary N) is 1. The fourth-order valence-corrected chi connectivity index (χ4v) is 9.50. The number of nitrogen functional groups attached to an aromatic ring is 1. The topological polar surface area (TPSA) is 364 Å². The second-order valence-electron chi connectivity index (χ2n) is 15.1. The lowest BCUT2D eigenvalue weighted by Crippen LogP contribution is -2.46. The Hall–Kier alpha value is -2.44. The molecule has 0 aliphatic carbocycles. The molecule has 0 radical (unpaired) electrons. The lowest BCUT2D eigenvalue weighted by Gasteiger charge is -2.30. The van der Waals surface area contributed by atoms with E-state index in [1.54, 1.807) is 0 Å². The monoisotopic (exact) mass is 949 g/mol. The summed E-state index contributed by atoms with van der Waals surface area (Å²) >= 11 is 1.15. The molecule has 0 spiro atoms. The van der Waals surface area contributed by atoms with Crippen molar-refractivity contribution in [2.24, 2.45) is 11.3 Å². The maximum absolute atomic E-state index is 12.7. The second-order valence-corrected chi connectivity index (χ2v) is 20.5. The summed E-state index contributed by atoms with van der Waals surface area (Å²) in [5, 5.41) is 26.6. The van der Waals surface area contributed by atoms with Gasteiger partial charge in [0, 0.05) is 37.1 Å². The highest BCUT2D eigenvalue weighted by Gasteiger charge is 2.50. The molecule has 348 valence electrons. The van der Waals surface area contributed by atoms with E-state index in [0.717, 1.165) is 41.8 Å². The van der Waals surface area contributed by atoms with Gasteiger partial charge in [0.1, 0.15) is 36.3 Å². The van der Waals surface area contributed by atoms with Crippen molar-refractivity contribution < 1.29 is 80.5 Å². The van der Waals surface area contributed by atoms with Gasteiger partial charge in [0.2, 0.25) is 11.8 Å². The number of carbonyl (C=O) groups is 3. The molecule has 8 atom stereocenters. The molecule has 1 aliphatic heterocycles. The molecule has 61 heavy (non-hydrogen) atoms. The highest BCUT2D eigenvalue weighted by Crippen LogP contribution is 2.61. The smallest absolute Gasteiger partial charge is 0.386 e. The number of hydrogen-bond acceptors (Lipinski definition) is 18. The Morgan fingerprint density at radius 3 is 2.36 bits per heavy atom. The number of ether oxygens (including phenoxy) is 1. The van der Waals surface area contributed by atoms with Crippen LogP contribution in [-0.2, 0) is 50.7 Å². The summed E-state index contributed by atoms with van der Waals surface area (Å²) < 4.78 is 62.3. The molecule has 24 nitrogen and oxygen atoms in total. The number of thioether (sulfide) groups is 1. The third-order valence-corrected chi connectivity index (χ3v) is 13.4. The molecule has 3 rings (SSSR count). The first-order valence-corrected chi connectivity index (χ1v) is 25.0. The molecule has 2 aromatic rings. The van der Waals surface area contributed by atoms with Gasteiger partial charge in [-0.3, -0.25) is 32.5 Å². The van der Waals surface area contributed by atoms with Gasteiger partial charge in [-0.1, -0.05) is 78.0 Å². The van der Waals surface area contributed by atoms with Crippen molar-refractivity contribution >= 4 is 69.1 Å². The number of amides is 2. The molecule has 0 aromatic carbocycles. The SMILES string of the molecule is CCCCCCCC(C)CCC(=O)SCCNC(=O)CCNC(=O)C(O)C(C)(C)COP(=O)(O)OP(=O)(O)OCC1OC(n2cnc3c(N)ncnc32)C(O)C1OP(=O)(O)O. The number of nitrogens with zero attached hydrogens (tertiary/aromatic N) is 4. The number of phosphoric acid groups is 3. The van der Waals surface area contributed by atoms with Crippen LogP contribution >= 0.6 is 35.2 Å². The average Bonchev–Trinajstić information content (AvgIpc) is 3.73. The Morgan fingerprint density at radius 1 is 0.984 bits per heavy atom. The van der Waals surface area contributed by atoms with Crippen LogP contribution in [0.15, 0.2) is 12.7 Å². The molecule has 0 bridgehead atoms. The predicted molar refractivity (Wildman–Crippen MR) is 219 cm³/mol. The normalized spacial score (nSPS) is 21.4. The number of aliphatic hydroxyl groups is 2. The summed E-state index contributed by atoms with van der Waals surface area (Å²) in [5.41, 5.74) is 4.28. The van der Waals surface area contributed by atoms with Gasteiger partial charge in [0.25, 0.3) is 0 Å². The Labute approximate surface area is 356 Å². The molecule has 0 saturated carbocycles. The quantitative estimate of drug-likeness (QED) is 0.0437. The number of unbranched alkanes of at least 4 members (excludes halogenated alkanes) is 4. The van der Waals surface area contributed by atoms with E-state index in [9.17, 15) is 57.9 Å². The van der Waals surface area contributed by atoms with Crippen LogP contribution in [0.1, 0.15) is 91.7 Å². The van der Waals surface area contributed by atoms with Crippen LogP contribution in [0.2, 0.25) is 0 Å². The van der Waals surface area contributed by atoms with E-state index in [4.69, 9.17) is 19.5 Å². The van der Waals surface area contributed by atoms with Crippen molar-refractivity contribution in [2.45, 2.75) is 116 Å². The van der Waals surface area contributed by atoms with Crippen molar-refractivity contribution in [3.05, 3.63) is 12.7 Å². The molecule has 1 saturated heterocycles. The van der Waals surface area contributed by atoms with Crippen molar-refractivity contribution in [2.75, 3.05) is 37.8 Å². The van der Waals surface area contributed by atoms with Crippen LogP contribution in [0.4, 0.5) is 5.82 Å². The molecule has 2 amide bonds. The van der Waals surface area contributed by atoms with E-state index in [1.807, 2.05) is 0 Å². The maximum atomic E-state index is 12.7. The van der Waals surface area contributed by atoms with Gasteiger partial charge in [0.05, 0.1) is 19.5 Å². The zero-order valence-corrected chi connectivity index (χ0v) is 37.8. The van der Waals surface area contributed by atoms with Crippen LogP contribution in [-0.4, -0.2) is 123 Å². The molecule has 2 aromatic heterocycles. The highest BCUT2D eigenvalue weighted by atomic mass is 32.2. The van der Waals surface area contributed by atoms with E-state index < -0.39 is 84.6 Å². The number of imidazole rings is 1. The summed E-state index contributed by atoms with van der Waals surface area (Å²) in [4.78, 5) is 88.2. The molecular formula is C33H58N7O17P3S. The summed E-state index contributed by atoms with van der Waals surface area (Å²) in [7, 11) is -16.4. The molecule has 1 aliphatic rings. The van der Waals surface area contributed by atoms with Gasteiger partial charge < -0.3 is 50.9 Å². The molecule has 8 unspecified atom stereocenters. The van der Waals surface area contributed by atoms with Crippen LogP contribution in [0.25, 0.3) is 11.2 Å². The predicted octanol–water partition coefficient (Wildman–Crippen LogP) is 2.44. The second kappa shape index (κ2) is 24.0. The third kappa shape index (κ3) is 17.9. The van der Waals surface area contributed by atoms with Crippen molar-refractivity contribution in [1.82, 2.24) is 30.2 Å².